The molecule has 1 aromatic heterocycles. The summed E-state index contributed by atoms with van der Waals surface area (Å²) in [5.41, 5.74) is 0.265. The summed E-state index contributed by atoms with van der Waals surface area (Å²) in [4.78, 5) is 42.3. The zero-order valence-corrected chi connectivity index (χ0v) is 17.4. The maximum absolute atomic E-state index is 13.0. The molecule has 1 aromatic carbocycles. The molecule has 158 valence electrons. The number of aromatic nitrogens is 2. The number of carbonyl (C=O) groups is 2. The summed E-state index contributed by atoms with van der Waals surface area (Å²) in [6.07, 6.45) is 7.21. The molecule has 4 aliphatic rings. The van der Waals surface area contributed by atoms with Crippen molar-refractivity contribution in [2.24, 2.45) is 30.2 Å². The van der Waals surface area contributed by atoms with Crippen LogP contribution < -0.4 is 5.56 Å². The number of nitrogens with zero attached hydrogens (tertiary/aromatic N) is 2. The van der Waals surface area contributed by atoms with Crippen molar-refractivity contribution in [2.45, 2.75) is 51.4 Å². The third-order valence-electron chi connectivity index (χ3n) is 7.62. The van der Waals surface area contributed by atoms with E-state index in [9.17, 15) is 14.4 Å². The molecule has 0 amide bonds. The van der Waals surface area contributed by atoms with Gasteiger partial charge < -0.3 is 4.74 Å². The number of hydrogen-bond acceptors (Lipinski definition) is 5. The van der Waals surface area contributed by atoms with Crippen molar-refractivity contribution >= 4 is 22.7 Å². The number of hydrogen-bond donors (Lipinski definition) is 0. The first-order valence-corrected chi connectivity index (χ1v) is 11.1. The van der Waals surface area contributed by atoms with Gasteiger partial charge >= 0.3 is 5.97 Å². The van der Waals surface area contributed by atoms with E-state index in [-0.39, 0.29) is 29.8 Å². The van der Waals surface area contributed by atoms with Gasteiger partial charge in [0.1, 0.15) is 5.82 Å². The number of para-hydroxylation sites is 1. The molecule has 4 fully saturated rings. The highest BCUT2D eigenvalue weighted by molar-refractivity contribution is 5.88. The first kappa shape index (κ1) is 19.5. The predicted molar refractivity (Wildman–Crippen MR) is 112 cm³/mol. The van der Waals surface area contributed by atoms with Gasteiger partial charge in [0.15, 0.2) is 12.4 Å². The molecular weight excluding hydrogens is 380 g/mol. The first-order chi connectivity index (χ1) is 14.4. The van der Waals surface area contributed by atoms with Gasteiger partial charge in [0.05, 0.1) is 17.3 Å². The Bertz CT molecular complexity index is 1040. The van der Waals surface area contributed by atoms with E-state index in [2.05, 4.69) is 4.98 Å². The van der Waals surface area contributed by atoms with Crippen molar-refractivity contribution in [3.8, 4) is 0 Å². The highest BCUT2D eigenvalue weighted by Gasteiger charge is 2.54. The number of carbonyl (C=O) groups excluding carboxylic acids is 2. The highest BCUT2D eigenvalue weighted by atomic mass is 16.5. The molecule has 0 saturated heterocycles. The minimum Gasteiger partial charge on any atom is -0.458 e. The Balaban J connectivity index is 1.19. The fourth-order valence-electron chi connectivity index (χ4n) is 6.52. The van der Waals surface area contributed by atoms with Gasteiger partial charge in [-0.15, -0.1) is 0 Å². The molecule has 0 atom stereocenters. The van der Waals surface area contributed by atoms with Crippen LogP contribution in [-0.4, -0.2) is 27.9 Å². The topological polar surface area (TPSA) is 78.3 Å². The molecule has 2 aromatic rings. The number of rotatable bonds is 6. The Morgan fingerprint density at radius 1 is 1.10 bits per heavy atom. The number of ketones is 1. The van der Waals surface area contributed by atoms with Crippen LogP contribution in [0.4, 0.5) is 0 Å². The second kappa shape index (κ2) is 7.33. The van der Waals surface area contributed by atoms with E-state index in [0.717, 1.165) is 19.3 Å². The molecule has 4 aliphatic carbocycles. The highest BCUT2D eigenvalue weighted by Crippen LogP contribution is 2.60. The molecule has 0 aliphatic heterocycles. The first-order valence-electron chi connectivity index (χ1n) is 11.1. The van der Waals surface area contributed by atoms with E-state index in [0.29, 0.717) is 40.9 Å². The Hall–Kier alpha value is -2.50. The Morgan fingerprint density at radius 3 is 2.40 bits per heavy atom. The normalized spacial score (nSPS) is 29.3. The molecule has 4 bridgehead atoms. The van der Waals surface area contributed by atoms with Gasteiger partial charge in [-0.05, 0) is 68.4 Å². The van der Waals surface area contributed by atoms with Crippen LogP contribution in [0.25, 0.3) is 10.9 Å². The summed E-state index contributed by atoms with van der Waals surface area (Å²) in [6.45, 7) is -0.116. The number of aryl methyl sites for hydroxylation is 1. The van der Waals surface area contributed by atoms with Crippen LogP contribution >= 0.6 is 0 Å². The van der Waals surface area contributed by atoms with Crippen LogP contribution in [0.5, 0.6) is 0 Å². The van der Waals surface area contributed by atoms with Crippen molar-refractivity contribution in [2.75, 3.05) is 6.61 Å². The summed E-state index contributed by atoms with van der Waals surface area (Å²) in [5.74, 6) is 2.33. The van der Waals surface area contributed by atoms with Gasteiger partial charge in [-0.2, -0.15) is 0 Å². The summed E-state index contributed by atoms with van der Waals surface area (Å²) < 4.78 is 6.85. The lowest BCUT2D eigenvalue weighted by molar-refractivity contribution is -0.157. The molecule has 6 rings (SSSR count). The fraction of sp³-hybridized carbons (Fsp3) is 0.583. The molecule has 1 heterocycles. The summed E-state index contributed by atoms with van der Waals surface area (Å²) in [5, 5.41) is 0.562. The standard InChI is InChI=1S/C24H28N2O4/c1-26-21(25-19-5-3-2-4-18(19)23(26)29)6-7-22(28)30-14-20(27)24-11-15-8-16(12-24)10-17(9-15)13-24/h2-5,15-17H,6-14H2,1H3. The number of benzene rings is 1. The van der Waals surface area contributed by atoms with E-state index < -0.39 is 5.97 Å². The van der Waals surface area contributed by atoms with Gasteiger partial charge in [-0.1, -0.05) is 12.1 Å². The van der Waals surface area contributed by atoms with Crippen LogP contribution in [0.15, 0.2) is 29.1 Å². The summed E-state index contributed by atoms with van der Waals surface area (Å²) in [6, 6.07) is 7.19. The van der Waals surface area contributed by atoms with Gasteiger partial charge in [-0.3, -0.25) is 19.0 Å². The molecule has 0 N–H and O–H groups in total. The van der Waals surface area contributed by atoms with E-state index in [4.69, 9.17) is 4.74 Å². The lowest BCUT2D eigenvalue weighted by Gasteiger charge is -2.55. The van der Waals surface area contributed by atoms with Gasteiger partial charge in [-0.25, -0.2) is 4.98 Å². The summed E-state index contributed by atoms with van der Waals surface area (Å²) in [7, 11) is 1.67. The lowest BCUT2D eigenvalue weighted by Crippen LogP contribution is -2.51. The monoisotopic (exact) mass is 408 g/mol. The average molecular weight is 408 g/mol. The molecule has 0 unspecified atom stereocenters. The zero-order valence-electron chi connectivity index (χ0n) is 17.4. The van der Waals surface area contributed by atoms with Crippen molar-refractivity contribution in [3.05, 3.63) is 40.4 Å². The van der Waals surface area contributed by atoms with Crippen LogP contribution in [-0.2, 0) is 27.8 Å². The lowest BCUT2D eigenvalue weighted by atomic mass is 9.48. The van der Waals surface area contributed by atoms with Crippen molar-refractivity contribution in [1.82, 2.24) is 9.55 Å². The van der Waals surface area contributed by atoms with E-state index in [1.54, 1.807) is 19.2 Å². The van der Waals surface area contributed by atoms with Crippen LogP contribution in [0.1, 0.15) is 50.8 Å². The Morgan fingerprint density at radius 2 is 1.73 bits per heavy atom. The average Bonchev–Trinajstić information content (AvgIpc) is 2.72. The second-order valence-corrected chi connectivity index (χ2v) is 9.69. The number of fused-ring (bicyclic) bond motifs is 1. The minimum absolute atomic E-state index is 0.104. The molecule has 4 saturated carbocycles. The van der Waals surface area contributed by atoms with Crippen LogP contribution in [0, 0.1) is 23.2 Å². The Labute approximate surface area is 175 Å². The van der Waals surface area contributed by atoms with Gasteiger partial charge in [0.2, 0.25) is 0 Å². The van der Waals surface area contributed by atoms with Crippen LogP contribution in [0.3, 0.4) is 0 Å². The van der Waals surface area contributed by atoms with E-state index in [1.165, 1.54) is 23.8 Å². The zero-order chi connectivity index (χ0) is 20.9. The largest absolute Gasteiger partial charge is 0.458 e. The maximum Gasteiger partial charge on any atom is 0.306 e. The Kier molecular flexibility index (Phi) is 4.75. The smallest absolute Gasteiger partial charge is 0.306 e. The van der Waals surface area contributed by atoms with E-state index in [1.807, 2.05) is 12.1 Å². The number of esters is 1. The molecule has 0 radical (unpaired) electrons. The molecular formula is C24H28N2O4. The molecule has 6 nitrogen and oxygen atoms in total. The minimum atomic E-state index is -0.407. The fourth-order valence-corrected chi connectivity index (χ4v) is 6.52. The van der Waals surface area contributed by atoms with E-state index >= 15 is 0 Å². The third-order valence-corrected chi connectivity index (χ3v) is 7.62. The van der Waals surface area contributed by atoms with Crippen LogP contribution in [0.2, 0.25) is 0 Å². The third kappa shape index (κ3) is 3.36. The van der Waals surface area contributed by atoms with Gasteiger partial charge in [0, 0.05) is 18.9 Å². The number of ether oxygens (including phenoxy) is 1. The van der Waals surface area contributed by atoms with Crippen molar-refractivity contribution < 1.29 is 14.3 Å². The predicted octanol–water partition coefficient (Wildman–Crippen LogP) is 3.19. The second-order valence-electron chi connectivity index (χ2n) is 9.69. The number of Topliss-reactive ketones (excluding diaryl/α,β-unsaturated/α-hetero) is 1. The van der Waals surface area contributed by atoms with Crippen molar-refractivity contribution in [3.63, 3.8) is 0 Å². The molecule has 30 heavy (non-hydrogen) atoms. The summed E-state index contributed by atoms with van der Waals surface area (Å²) >= 11 is 0. The molecule has 0 spiro atoms. The maximum atomic E-state index is 13.0. The van der Waals surface area contributed by atoms with Gasteiger partial charge in [0.25, 0.3) is 5.56 Å². The van der Waals surface area contributed by atoms with Crippen molar-refractivity contribution in [1.29, 1.82) is 0 Å². The molecule has 6 heteroatoms. The SMILES string of the molecule is Cn1c(CCC(=O)OCC(=O)C23CC4CC(CC(C4)C2)C3)nc2ccccc2c1=O. The quantitative estimate of drug-likeness (QED) is 0.686.